The Morgan fingerprint density at radius 2 is 1.88 bits per heavy atom. The monoisotopic (exact) mass is 236 g/mol. The third-order valence-electron chi connectivity index (χ3n) is 4.00. The predicted molar refractivity (Wildman–Crippen MR) is 69.0 cm³/mol. The lowest BCUT2D eigenvalue weighted by Crippen LogP contribution is -2.43. The fourth-order valence-corrected chi connectivity index (χ4v) is 3.00. The summed E-state index contributed by atoms with van der Waals surface area (Å²) in [7, 11) is 1.95. The van der Waals surface area contributed by atoms with E-state index in [-0.39, 0.29) is 11.9 Å². The van der Waals surface area contributed by atoms with E-state index in [1.54, 1.807) is 0 Å². The minimum Gasteiger partial charge on any atom is -0.293 e. The summed E-state index contributed by atoms with van der Waals surface area (Å²) < 4.78 is 0. The molecule has 0 bridgehead atoms. The molecule has 0 saturated heterocycles. The van der Waals surface area contributed by atoms with E-state index in [9.17, 15) is 4.79 Å². The van der Waals surface area contributed by atoms with Gasteiger partial charge >= 0.3 is 0 Å². The van der Waals surface area contributed by atoms with Crippen LogP contribution in [0.2, 0.25) is 0 Å². The van der Waals surface area contributed by atoms with Crippen molar-refractivity contribution in [2.75, 3.05) is 7.05 Å². The van der Waals surface area contributed by atoms with Crippen molar-refractivity contribution in [2.45, 2.75) is 57.9 Å². The number of rotatable bonds is 2. The highest BCUT2D eigenvalue weighted by molar-refractivity contribution is 5.77. The first-order valence-electron chi connectivity index (χ1n) is 6.91. The molecule has 0 aromatic rings. The summed E-state index contributed by atoms with van der Waals surface area (Å²) in [5.41, 5.74) is 0. The third kappa shape index (κ3) is 3.02. The van der Waals surface area contributed by atoms with Crippen LogP contribution in [0, 0.1) is 5.92 Å². The number of hydrogen-bond donors (Lipinski definition) is 0. The van der Waals surface area contributed by atoms with E-state index in [4.69, 9.17) is 0 Å². The Hall–Kier alpha value is -0.990. The summed E-state index contributed by atoms with van der Waals surface area (Å²) >= 11 is 0. The molecule has 17 heavy (non-hydrogen) atoms. The molecule has 2 rings (SSSR count). The van der Waals surface area contributed by atoms with Crippen molar-refractivity contribution in [3.8, 4) is 0 Å². The molecule has 2 aliphatic rings. The van der Waals surface area contributed by atoms with Crippen molar-refractivity contribution in [1.82, 2.24) is 10.0 Å². The molecule has 1 heterocycles. The van der Waals surface area contributed by atoms with Gasteiger partial charge in [-0.25, -0.2) is 5.01 Å². The molecule has 1 aliphatic heterocycles. The van der Waals surface area contributed by atoms with Gasteiger partial charge in [0, 0.05) is 19.7 Å². The van der Waals surface area contributed by atoms with E-state index in [0.717, 1.165) is 6.42 Å². The van der Waals surface area contributed by atoms with Crippen LogP contribution in [-0.4, -0.2) is 29.0 Å². The molecule has 96 valence electrons. The Labute approximate surface area is 104 Å². The number of nitrogens with zero attached hydrogens (tertiary/aromatic N) is 2. The zero-order chi connectivity index (χ0) is 12.3. The van der Waals surface area contributed by atoms with Crippen molar-refractivity contribution in [1.29, 1.82) is 0 Å². The first kappa shape index (κ1) is 12.5. The van der Waals surface area contributed by atoms with E-state index in [2.05, 4.69) is 13.0 Å². The number of carbonyl (C=O) groups excluding carboxylic acids is 1. The van der Waals surface area contributed by atoms with Crippen LogP contribution in [0.25, 0.3) is 0 Å². The van der Waals surface area contributed by atoms with Gasteiger partial charge in [-0.05, 0) is 31.8 Å². The minimum absolute atomic E-state index is 0.221. The molecular weight excluding hydrogens is 212 g/mol. The zero-order valence-electron chi connectivity index (χ0n) is 11.1. The van der Waals surface area contributed by atoms with Gasteiger partial charge < -0.3 is 0 Å². The molecule has 1 amide bonds. The van der Waals surface area contributed by atoms with E-state index in [1.807, 2.05) is 23.3 Å². The number of amides is 1. The lowest BCUT2D eigenvalue weighted by molar-refractivity contribution is -0.144. The molecule has 1 aliphatic carbocycles. The Bertz CT molecular complexity index is 281. The molecule has 1 fully saturated rings. The van der Waals surface area contributed by atoms with Gasteiger partial charge in [0.1, 0.15) is 0 Å². The van der Waals surface area contributed by atoms with Gasteiger partial charge in [-0.3, -0.25) is 9.80 Å². The average Bonchev–Trinajstić information content (AvgIpc) is 2.53. The minimum atomic E-state index is 0.221. The highest BCUT2D eigenvalue weighted by Crippen LogP contribution is 2.27. The van der Waals surface area contributed by atoms with Crippen LogP contribution >= 0.6 is 0 Å². The quantitative estimate of drug-likeness (QED) is 0.688. The van der Waals surface area contributed by atoms with Crippen LogP contribution in [0.4, 0.5) is 0 Å². The number of carbonyl (C=O) groups is 1. The van der Waals surface area contributed by atoms with Crippen LogP contribution in [0.5, 0.6) is 0 Å². The second-order valence-corrected chi connectivity index (χ2v) is 5.46. The number of hydrogen-bond acceptors (Lipinski definition) is 2. The van der Waals surface area contributed by atoms with Crippen LogP contribution in [0.3, 0.4) is 0 Å². The molecule has 0 spiro atoms. The van der Waals surface area contributed by atoms with Crippen LogP contribution in [0.15, 0.2) is 12.3 Å². The highest BCUT2D eigenvalue weighted by Gasteiger charge is 2.27. The van der Waals surface area contributed by atoms with E-state index < -0.39 is 0 Å². The molecule has 1 unspecified atom stereocenters. The highest BCUT2D eigenvalue weighted by atomic mass is 16.2. The Morgan fingerprint density at radius 3 is 2.41 bits per heavy atom. The lowest BCUT2D eigenvalue weighted by atomic mass is 9.96. The van der Waals surface area contributed by atoms with Crippen LogP contribution in [-0.2, 0) is 4.79 Å². The topological polar surface area (TPSA) is 23.6 Å². The normalized spacial score (nSPS) is 26.4. The molecule has 0 N–H and O–H groups in total. The Balaban J connectivity index is 1.87. The average molecular weight is 236 g/mol. The molecule has 0 radical (unpaired) electrons. The maximum absolute atomic E-state index is 12.3. The fourth-order valence-electron chi connectivity index (χ4n) is 3.00. The molecule has 1 atom stereocenters. The molecule has 0 aromatic carbocycles. The van der Waals surface area contributed by atoms with Gasteiger partial charge in [-0.1, -0.05) is 25.7 Å². The smallest absolute Gasteiger partial charge is 0.241 e. The maximum Gasteiger partial charge on any atom is 0.241 e. The summed E-state index contributed by atoms with van der Waals surface area (Å²) in [6.07, 6.45) is 12.6. The van der Waals surface area contributed by atoms with Crippen molar-refractivity contribution in [3.63, 3.8) is 0 Å². The summed E-state index contributed by atoms with van der Waals surface area (Å²) in [5.74, 6) is 0.906. The second kappa shape index (κ2) is 5.56. The lowest BCUT2D eigenvalue weighted by Gasteiger charge is -2.30. The van der Waals surface area contributed by atoms with Crippen molar-refractivity contribution in [2.24, 2.45) is 5.92 Å². The largest absolute Gasteiger partial charge is 0.293 e. The first-order valence-corrected chi connectivity index (χ1v) is 6.91. The van der Waals surface area contributed by atoms with Crippen LogP contribution in [0.1, 0.15) is 51.9 Å². The van der Waals surface area contributed by atoms with Crippen molar-refractivity contribution in [3.05, 3.63) is 12.3 Å². The summed E-state index contributed by atoms with van der Waals surface area (Å²) in [4.78, 5) is 12.3. The molecule has 0 aromatic heterocycles. The van der Waals surface area contributed by atoms with E-state index in [0.29, 0.717) is 5.92 Å². The van der Waals surface area contributed by atoms with Gasteiger partial charge in [-0.15, -0.1) is 0 Å². The van der Waals surface area contributed by atoms with Gasteiger partial charge in [-0.2, -0.15) is 0 Å². The molecule has 3 heteroatoms. The predicted octanol–water partition coefficient (Wildman–Crippen LogP) is 2.94. The standard InChI is InChI=1S/C14H24N2O/c1-12-9-10-15(2)16(12)14(17)11-13-7-5-3-4-6-8-13/h9-10,12-13H,3-8,11H2,1-2H3. The second-order valence-electron chi connectivity index (χ2n) is 5.46. The SMILES string of the molecule is CC1C=CN(C)N1C(=O)CC1CCCCCC1. The Morgan fingerprint density at radius 1 is 1.24 bits per heavy atom. The molecule has 1 saturated carbocycles. The third-order valence-corrected chi connectivity index (χ3v) is 4.00. The van der Waals surface area contributed by atoms with Crippen LogP contribution < -0.4 is 0 Å². The summed E-state index contributed by atoms with van der Waals surface area (Å²) in [5, 5.41) is 3.80. The molecule has 3 nitrogen and oxygen atoms in total. The van der Waals surface area contributed by atoms with Gasteiger partial charge in [0.15, 0.2) is 0 Å². The Kier molecular flexibility index (Phi) is 4.08. The van der Waals surface area contributed by atoms with Crippen molar-refractivity contribution < 1.29 is 4.79 Å². The summed E-state index contributed by atoms with van der Waals surface area (Å²) in [6, 6.07) is 0.221. The van der Waals surface area contributed by atoms with Gasteiger partial charge in [0.05, 0.1) is 6.04 Å². The van der Waals surface area contributed by atoms with E-state index >= 15 is 0 Å². The fraction of sp³-hybridized carbons (Fsp3) is 0.786. The first-order chi connectivity index (χ1) is 8.18. The number of hydrazine groups is 1. The molecular formula is C14H24N2O. The van der Waals surface area contributed by atoms with Gasteiger partial charge in [0.2, 0.25) is 5.91 Å². The van der Waals surface area contributed by atoms with E-state index in [1.165, 1.54) is 38.5 Å². The zero-order valence-corrected chi connectivity index (χ0v) is 11.1. The maximum atomic E-state index is 12.3. The van der Waals surface area contributed by atoms with Gasteiger partial charge in [0.25, 0.3) is 0 Å². The van der Waals surface area contributed by atoms with Crippen molar-refractivity contribution >= 4 is 5.91 Å². The summed E-state index contributed by atoms with van der Waals surface area (Å²) in [6.45, 7) is 2.07.